The Labute approximate surface area is 197 Å². The van der Waals surface area contributed by atoms with Crippen molar-refractivity contribution in [3.8, 4) is 11.4 Å². The van der Waals surface area contributed by atoms with Gasteiger partial charge in [-0.15, -0.1) is 13.2 Å². The highest BCUT2D eigenvalue weighted by Gasteiger charge is 2.31. The molecule has 5 aromatic rings. The van der Waals surface area contributed by atoms with Crippen molar-refractivity contribution in [1.29, 1.82) is 0 Å². The molecule has 0 bridgehead atoms. The minimum atomic E-state index is -4.92. The number of hydrogen-bond acceptors (Lipinski definition) is 4. The highest BCUT2D eigenvalue weighted by molar-refractivity contribution is 6.03. The third-order valence-corrected chi connectivity index (χ3v) is 5.48. The fourth-order valence-corrected chi connectivity index (χ4v) is 3.97. The van der Waals surface area contributed by atoms with Crippen LogP contribution in [0.25, 0.3) is 27.6 Å². The Morgan fingerprint density at radius 2 is 1.69 bits per heavy atom. The highest BCUT2D eigenvalue weighted by atomic mass is 19.4. The number of ether oxygens (including phenoxy) is 1. The van der Waals surface area contributed by atoms with Gasteiger partial charge in [0.25, 0.3) is 5.56 Å². The van der Waals surface area contributed by atoms with Crippen LogP contribution in [0.15, 0.2) is 71.7 Å². The van der Waals surface area contributed by atoms with Crippen LogP contribution in [-0.2, 0) is 12.6 Å². The summed E-state index contributed by atoms with van der Waals surface area (Å²) in [6.07, 6.45) is -7.92. The minimum Gasteiger partial charge on any atom is -0.406 e. The van der Waals surface area contributed by atoms with E-state index in [0.29, 0.717) is 16.6 Å². The number of alkyl halides is 6. The van der Waals surface area contributed by atoms with E-state index in [-0.39, 0.29) is 28.7 Å². The van der Waals surface area contributed by atoms with Crippen LogP contribution >= 0.6 is 0 Å². The average Bonchev–Trinajstić information content (AvgIpc) is 3.22. The van der Waals surface area contributed by atoms with Gasteiger partial charge in [0, 0.05) is 24.1 Å². The number of H-pyrrole nitrogens is 1. The van der Waals surface area contributed by atoms with Crippen molar-refractivity contribution in [2.45, 2.75) is 19.0 Å². The molecule has 0 saturated carbocycles. The van der Waals surface area contributed by atoms with Crippen LogP contribution < -0.4 is 10.3 Å². The first-order valence-electron chi connectivity index (χ1n) is 10.4. The van der Waals surface area contributed by atoms with Crippen LogP contribution in [-0.4, -0.2) is 26.1 Å². The average molecular weight is 504 g/mol. The minimum absolute atomic E-state index is 0.0624. The number of aromatic amines is 1. The smallest absolute Gasteiger partial charge is 0.406 e. The molecule has 6 nitrogen and oxygen atoms in total. The molecule has 12 heteroatoms. The van der Waals surface area contributed by atoms with Crippen molar-refractivity contribution in [1.82, 2.24) is 19.7 Å². The summed E-state index contributed by atoms with van der Waals surface area (Å²) < 4.78 is 82.1. The molecule has 1 N–H and O–H groups in total. The molecule has 2 aromatic carbocycles. The lowest BCUT2D eigenvalue weighted by molar-refractivity contribution is -0.274. The van der Waals surface area contributed by atoms with Crippen molar-refractivity contribution >= 4 is 21.9 Å². The van der Waals surface area contributed by atoms with Gasteiger partial charge in [-0.2, -0.15) is 18.3 Å². The predicted molar refractivity (Wildman–Crippen MR) is 118 cm³/mol. The number of nitrogens with one attached hydrogen (secondary N) is 1. The zero-order valence-corrected chi connectivity index (χ0v) is 18.0. The van der Waals surface area contributed by atoms with Crippen molar-refractivity contribution in [2.75, 3.05) is 0 Å². The topological polar surface area (TPSA) is 72.8 Å². The van der Waals surface area contributed by atoms with Gasteiger partial charge in [-0.1, -0.05) is 18.2 Å². The second-order valence-corrected chi connectivity index (χ2v) is 7.86. The molecule has 0 aliphatic carbocycles. The van der Waals surface area contributed by atoms with Crippen LogP contribution in [0.4, 0.5) is 26.3 Å². The van der Waals surface area contributed by atoms with E-state index in [0.717, 1.165) is 28.8 Å². The van der Waals surface area contributed by atoms with Gasteiger partial charge in [0.1, 0.15) is 16.9 Å². The molecule has 184 valence electrons. The molecule has 0 spiro atoms. The second kappa shape index (κ2) is 8.40. The molecule has 3 aromatic heterocycles. The van der Waals surface area contributed by atoms with E-state index in [1.165, 1.54) is 30.5 Å². The summed E-state index contributed by atoms with van der Waals surface area (Å²) >= 11 is 0. The number of rotatable bonds is 4. The molecule has 0 aliphatic rings. The Bertz CT molecular complexity index is 1640. The maximum Gasteiger partial charge on any atom is 0.573 e. The summed E-state index contributed by atoms with van der Waals surface area (Å²) in [7, 11) is 0. The molecular weight excluding hydrogens is 490 g/mol. The number of pyridine rings is 2. The number of fused-ring (bicyclic) bond motifs is 3. The quantitative estimate of drug-likeness (QED) is 0.316. The van der Waals surface area contributed by atoms with Crippen LogP contribution in [0.1, 0.15) is 16.8 Å². The maximum absolute atomic E-state index is 13.6. The van der Waals surface area contributed by atoms with Gasteiger partial charge < -0.3 is 4.74 Å². The van der Waals surface area contributed by atoms with E-state index in [1.807, 2.05) is 0 Å². The molecule has 36 heavy (non-hydrogen) atoms. The monoisotopic (exact) mass is 504 g/mol. The first-order chi connectivity index (χ1) is 17.0. The summed E-state index contributed by atoms with van der Waals surface area (Å²) in [5, 5.41) is 7.59. The SMILES string of the molecule is O=c1c2c(Cc3ccc(C(F)(F)F)cc3)[nH]nc2c2cccnc2n1-c1cccc(OC(F)(F)F)c1. The van der Waals surface area contributed by atoms with Crippen molar-refractivity contribution in [2.24, 2.45) is 0 Å². The third kappa shape index (κ3) is 4.37. The second-order valence-electron chi connectivity index (χ2n) is 7.86. The van der Waals surface area contributed by atoms with E-state index in [2.05, 4.69) is 19.9 Å². The summed E-state index contributed by atoms with van der Waals surface area (Å²) in [4.78, 5) is 17.9. The van der Waals surface area contributed by atoms with Gasteiger partial charge in [-0.05, 0) is 42.0 Å². The molecule has 3 heterocycles. The van der Waals surface area contributed by atoms with E-state index >= 15 is 0 Å². The van der Waals surface area contributed by atoms with Crippen LogP contribution in [0.2, 0.25) is 0 Å². The number of halogens is 6. The zero-order valence-electron chi connectivity index (χ0n) is 18.0. The first kappa shape index (κ1) is 23.4. The molecule has 0 fully saturated rings. The maximum atomic E-state index is 13.6. The highest BCUT2D eigenvalue weighted by Crippen LogP contribution is 2.31. The first-order valence-corrected chi connectivity index (χ1v) is 10.4. The fourth-order valence-electron chi connectivity index (χ4n) is 3.97. The van der Waals surface area contributed by atoms with E-state index < -0.39 is 29.4 Å². The van der Waals surface area contributed by atoms with Crippen LogP contribution in [0.5, 0.6) is 5.75 Å². The zero-order chi connectivity index (χ0) is 25.7. The summed E-state index contributed by atoms with van der Waals surface area (Å²) in [6, 6.07) is 12.6. The van der Waals surface area contributed by atoms with Crippen LogP contribution in [0, 0.1) is 0 Å². The Morgan fingerprint density at radius 3 is 2.39 bits per heavy atom. The van der Waals surface area contributed by atoms with Gasteiger partial charge in [0.15, 0.2) is 0 Å². The largest absolute Gasteiger partial charge is 0.573 e. The molecular formula is C24H14F6N4O2. The summed E-state index contributed by atoms with van der Waals surface area (Å²) in [6.45, 7) is 0. The molecule has 5 rings (SSSR count). The van der Waals surface area contributed by atoms with Gasteiger partial charge in [0.2, 0.25) is 0 Å². The molecule has 0 amide bonds. The standard InChI is InChI=1S/C24H14F6N4O2/c25-23(26,27)14-8-6-13(7-9-14)11-18-19-20(33-32-18)17-5-2-10-31-21(17)34(22(19)35)15-3-1-4-16(12-15)36-24(28,29)30/h1-10,12H,11H2,(H,32,33). The number of nitrogens with zero attached hydrogens (tertiary/aromatic N) is 3. The fraction of sp³-hybridized carbons (Fsp3) is 0.125. The van der Waals surface area contributed by atoms with Gasteiger partial charge >= 0.3 is 12.5 Å². The molecule has 0 unspecified atom stereocenters. The lowest BCUT2D eigenvalue weighted by Crippen LogP contribution is -2.21. The molecule has 0 atom stereocenters. The Morgan fingerprint density at radius 1 is 0.944 bits per heavy atom. The summed E-state index contributed by atoms with van der Waals surface area (Å²) in [5.74, 6) is -0.520. The molecule has 0 radical (unpaired) electrons. The van der Waals surface area contributed by atoms with E-state index in [9.17, 15) is 31.1 Å². The number of hydrogen-bond donors (Lipinski definition) is 1. The van der Waals surface area contributed by atoms with Crippen molar-refractivity contribution in [3.63, 3.8) is 0 Å². The van der Waals surface area contributed by atoms with Gasteiger partial charge in [0.05, 0.1) is 22.3 Å². The lowest BCUT2D eigenvalue weighted by Gasteiger charge is -2.13. The van der Waals surface area contributed by atoms with Crippen molar-refractivity contribution < 1.29 is 31.1 Å². The summed E-state index contributed by atoms with van der Waals surface area (Å²) in [5.41, 5.74) is -0.0786. The Kier molecular flexibility index (Phi) is 5.46. The molecule has 0 aliphatic heterocycles. The third-order valence-electron chi connectivity index (χ3n) is 5.48. The Hall–Kier alpha value is -4.35. The lowest BCUT2D eigenvalue weighted by atomic mass is 10.0. The van der Waals surface area contributed by atoms with Gasteiger partial charge in [-0.3, -0.25) is 14.5 Å². The number of benzene rings is 2. The Balaban J connectivity index is 1.67. The van der Waals surface area contributed by atoms with Gasteiger partial charge in [-0.25, -0.2) is 4.98 Å². The van der Waals surface area contributed by atoms with E-state index in [1.54, 1.807) is 12.1 Å². The predicted octanol–water partition coefficient (Wildman–Crippen LogP) is 5.77. The van der Waals surface area contributed by atoms with Crippen LogP contribution in [0.3, 0.4) is 0 Å². The van der Waals surface area contributed by atoms with Crippen molar-refractivity contribution in [3.05, 3.63) is 94.0 Å². The normalized spacial score (nSPS) is 12.4. The molecule has 0 saturated heterocycles. The van der Waals surface area contributed by atoms with E-state index in [4.69, 9.17) is 0 Å². The number of aromatic nitrogens is 4.